The summed E-state index contributed by atoms with van der Waals surface area (Å²) >= 11 is 0. The van der Waals surface area contributed by atoms with Crippen LogP contribution in [0.3, 0.4) is 0 Å². The number of ether oxygens (including phenoxy) is 1. The Bertz CT molecular complexity index is 685. The van der Waals surface area contributed by atoms with Crippen LogP contribution in [-0.4, -0.2) is 23.1 Å². The monoisotopic (exact) mass is 298 g/mol. The van der Waals surface area contributed by atoms with Crippen LogP contribution < -0.4 is 15.4 Å². The van der Waals surface area contributed by atoms with E-state index in [1.807, 2.05) is 30.3 Å². The van der Waals surface area contributed by atoms with Crippen molar-refractivity contribution in [3.05, 3.63) is 60.2 Å². The molecule has 0 radical (unpaired) electrons. The number of benzene rings is 2. The molecule has 2 unspecified atom stereocenters. The first-order chi connectivity index (χ1) is 10.6. The Morgan fingerprint density at radius 1 is 0.955 bits per heavy atom. The number of urea groups is 1. The molecule has 0 bridgehead atoms. The van der Waals surface area contributed by atoms with Crippen molar-refractivity contribution in [2.45, 2.75) is 12.1 Å². The van der Waals surface area contributed by atoms with E-state index in [0.29, 0.717) is 17.1 Å². The summed E-state index contributed by atoms with van der Waals surface area (Å²) in [7, 11) is 0. The number of aliphatic hydroxyl groups excluding tert-OH is 1. The lowest BCUT2D eigenvalue weighted by atomic mass is 10.0. The highest BCUT2D eigenvalue weighted by molar-refractivity contribution is 6.04. The Morgan fingerprint density at radius 2 is 1.59 bits per heavy atom. The van der Waals surface area contributed by atoms with Crippen molar-refractivity contribution in [1.82, 2.24) is 10.6 Å². The molecule has 0 aromatic heterocycles. The Kier molecular flexibility index (Phi) is 3.76. The summed E-state index contributed by atoms with van der Waals surface area (Å²) in [6.07, 6.45) is -1.11. The van der Waals surface area contributed by atoms with Crippen molar-refractivity contribution < 1.29 is 19.4 Å². The molecule has 112 valence electrons. The van der Waals surface area contributed by atoms with Crippen molar-refractivity contribution in [3.63, 3.8) is 0 Å². The molecule has 22 heavy (non-hydrogen) atoms. The zero-order chi connectivity index (χ0) is 15.5. The maximum Gasteiger partial charge on any atom is 0.322 e. The first kappa shape index (κ1) is 14.1. The van der Waals surface area contributed by atoms with E-state index in [1.54, 1.807) is 24.3 Å². The van der Waals surface area contributed by atoms with Gasteiger partial charge in [-0.25, -0.2) is 4.79 Å². The summed E-state index contributed by atoms with van der Waals surface area (Å²) < 4.78 is 5.65. The van der Waals surface area contributed by atoms with E-state index in [4.69, 9.17) is 4.74 Å². The van der Waals surface area contributed by atoms with Gasteiger partial charge in [-0.1, -0.05) is 30.3 Å². The molecule has 2 atom stereocenters. The van der Waals surface area contributed by atoms with E-state index in [0.717, 1.165) is 0 Å². The van der Waals surface area contributed by atoms with Crippen molar-refractivity contribution in [2.75, 3.05) is 0 Å². The molecule has 0 saturated carbocycles. The molecular weight excluding hydrogens is 284 g/mol. The quantitative estimate of drug-likeness (QED) is 0.750. The van der Waals surface area contributed by atoms with Gasteiger partial charge in [0.05, 0.1) is 0 Å². The maximum atomic E-state index is 11.5. The van der Waals surface area contributed by atoms with Gasteiger partial charge in [0.2, 0.25) is 0 Å². The number of hydrogen-bond donors (Lipinski definition) is 3. The number of rotatable bonds is 4. The number of aliphatic hydroxyl groups is 1. The molecule has 0 spiro atoms. The number of carbonyl (C=O) groups excluding carboxylic acids is 2. The van der Waals surface area contributed by atoms with E-state index >= 15 is 0 Å². The van der Waals surface area contributed by atoms with Crippen LogP contribution in [0.2, 0.25) is 0 Å². The second-order valence-electron chi connectivity index (χ2n) is 4.87. The molecule has 1 aliphatic heterocycles. The van der Waals surface area contributed by atoms with Crippen LogP contribution in [0.5, 0.6) is 11.5 Å². The SMILES string of the molecule is O=C1NC(=O)C(C(O)c2ccc(Oc3ccccc3)cc2)N1. The summed E-state index contributed by atoms with van der Waals surface area (Å²) in [6.45, 7) is 0. The number of imide groups is 1. The van der Waals surface area contributed by atoms with E-state index in [-0.39, 0.29) is 0 Å². The number of amides is 3. The average molecular weight is 298 g/mol. The third-order valence-corrected chi connectivity index (χ3v) is 3.32. The van der Waals surface area contributed by atoms with Gasteiger partial charge in [-0.2, -0.15) is 0 Å². The van der Waals surface area contributed by atoms with Gasteiger partial charge in [0.1, 0.15) is 23.6 Å². The van der Waals surface area contributed by atoms with Crippen LogP contribution >= 0.6 is 0 Å². The summed E-state index contributed by atoms with van der Waals surface area (Å²) in [6, 6.07) is 14.4. The molecule has 3 amide bonds. The second kappa shape index (κ2) is 5.87. The average Bonchev–Trinajstić information content (AvgIpc) is 2.87. The van der Waals surface area contributed by atoms with Gasteiger partial charge in [0.25, 0.3) is 5.91 Å². The Balaban J connectivity index is 1.71. The third-order valence-electron chi connectivity index (χ3n) is 3.32. The summed E-state index contributed by atoms with van der Waals surface area (Å²) in [5.41, 5.74) is 0.516. The van der Waals surface area contributed by atoms with E-state index in [9.17, 15) is 14.7 Å². The molecule has 1 heterocycles. The normalized spacial score (nSPS) is 18.5. The first-order valence-corrected chi connectivity index (χ1v) is 6.76. The largest absolute Gasteiger partial charge is 0.457 e. The van der Waals surface area contributed by atoms with Crippen LogP contribution in [0.1, 0.15) is 11.7 Å². The number of carbonyl (C=O) groups is 2. The maximum absolute atomic E-state index is 11.5. The lowest BCUT2D eigenvalue weighted by molar-refractivity contribution is -0.122. The predicted molar refractivity (Wildman–Crippen MR) is 78.4 cm³/mol. The van der Waals surface area contributed by atoms with Gasteiger partial charge in [-0.15, -0.1) is 0 Å². The second-order valence-corrected chi connectivity index (χ2v) is 4.87. The fourth-order valence-electron chi connectivity index (χ4n) is 2.20. The van der Waals surface area contributed by atoms with Crippen LogP contribution in [0.4, 0.5) is 4.79 Å². The predicted octanol–water partition coefficient (Wildman–Crippen LogP) is 1.72. The lowest BCUT2D eigenvalue weighted by Crippen LogP contribution is -2.35. The molecule has 3 rings (SSSR count). The molecule has 1 fully saturated rings. The molecule has 1 saturated heterocycles. The highest BCUT2D eigenvalue weighted by Crippen LogP contribution is 2.25. The Labute approximate surface area is 126 Å². The summed E-state index contributed by atoms with van der Waals surface area (Å²) in [5, 5.41) is 14.6. The first-order valence-electron chi connectivity index (χ1n) is 6.76. The minimum atomic E-state index is -1.11. The molecular formula is C16H14N2O4. The number of nitrogens with one attached hydrogen (secondary N) is 2. The van der Waals surface area contributed by atoms with E-state index < -0.39 is 24.1 Å². The van der Waals surface area contributed by atoms with Crippen LogP contribution in [0.15, 0.2) is 54.6 Å². The lowest BCUT2D eigenvalue weighted by Gasteiger charge is -2.16. The molecule has 3 N–H and O–H groups in total. The summed E-state index contributed by atoms with van der Waals surface area (Å²) in [4.78, 5) is 22.6. The van der Waals surface area contributed by atoms with Gasteiger partial charge >= 0.3 is 6.03 Å². The van der Waals surface area contributed by atoms with Crippen LogP contribution in [0.25, 0.3) is 0 Å². The fraction of sp³-hybridized carbons (Fsp3) is 0.125. The van der Waals surface area contributed by atoms with Crippen molar-refractivity contribution in [1.29, 1.82) is 0 Å². The molecule has 2 aromatic rings. The van der Waals surface area contributed by atoms with E-state index in [2.05, 4.69) is 10.6 Å². The minimum Gasteiger partial charge on any atom is -0.457 e. The van der Waals surface area contributed by atoms with Crippen LogP contribution in [-0.2, 0) is 4.79 Å². The third kappa shape index (κ3) is 2.91. The topological polar surface area (TPSA) is 87.7 Å². The van der Waals surface area contributed by atoms with Gasteiger partial charge in [0.15, 0.2) is 0 Å². The van der Waals surface area contributed by atoms with Gasteiger partial charge < -0.3 is 15.2 Å². The van der Waals surface area contributed by atoms with Crippen LogP contribution in [0, 0.1) is 0 Å². The summed E-state index contributed by atoms with van der Waals surface area (Å²) in [5.74, 6) is 0.780. The zero-order valence-corrected chi connectivity index (χ0v) is 11.5. The Morgan fingerprint density at radius 3 is 2.18 bits per heavy atom. The van der Waals surface area contributed by atoms with Gasteiger partial charge in [0, 0.05) is 0 Å². The minimum absolute atomic E-state index is 0.516. The molecule has 0 aliphatic carbocycles. The number of para-hydroxylation sites is 1. The van der Waals surface area contributed by atoms with Crippen molar-refractivity contribution in [3.8, 4) is 11.5 Å². The number of hydrogen-bond acceptors (Lipinski definition) is 4. The smallest absolute Gasteiger partial charge is 0.322 e. The molecule has 6 heteroatoms. The standard InChI is InChI=1S/C16H14N2O4/c19-14(13-15(20)18-16(21)17-13)10-6-8-12(9-7-10)22-11-4-2-1-3-5-11/h1-9,13-14,19H,(H2,17,18,20,21). The molecule has 2 aromatic carbocycles. The van der Waals surface area contributed by atoms with E-state index in [1.165, 1.54) is 0 Å². The molecule has 6 nitrogen and oxygen atoms in total. The highest BCUT2D eigenvalue weighted by atomic mass is 16.5. The Hall–Kier alpha value is -2.86. The van der Waals surface area contributed by atoms with Crippen molar-refractivity contribution >= 4 is 11.9 Å². The van der Waals surface area contributed by atoms with Crippen molar-refractivity contribution in [2.24, 2.45) is 0 Å². The highest BCUT2D eigenvalue weighted by Gasteiger charge is 2.35. The fourth-order valence-corrected chi connectivity index (χ4v) is 2.20. The van der Waals surface area contributed by atoms with Gasteiger partial charge in [-0.05, 0) is 29.8 Å². The molecule has 1 aliphatic rings. The van der Waals surface area contributed by atoms with Gasteiger partial charge in [-0.3, -0.25) is 10.1 Å². The zero-order valence-electron chi connectivity index (χ0n) is 11.5.